The lowest BCUT2D eigenvalue weighted by Gasteiger charge is -1.91. The lowest BCUT2D eigenvalue weighted by Crippen LogP contribution is -1.93. The Kier molecular flexibility index (Phi) is 2.37. The van der Waals surface area contributed by atoms with E-state index < -0.39 is 0 Å². The van der Waals surface area contributed by atoms with E-state index in [1.807, 2.05) is 13.8 Å². The Morgan fingerprint density at radius 2 is 2.18 bits per heavy atom. The summed E-state index contributed by atoms with van der Waals surface area (Å²) in [5, 5.41) is 14.4. The SMILES string of the molecule is CCc1nnc2sc(-c3cc(C)sc3N)nn12. The Labute approximate surface area is 106 Å². The number of thiophene rings is 1. The zero-order valence-electron chi connectivity index (χ0n) is 9.47. The van der Waals surface area contributed by atoms with Gasteiger partial charge in [0.05, 0.1) is 5.00 Å². The molecule has 0 aliphatic carbocycles. The number of aromatic nitrogens is 4. The van der Waals surface area contributed by atoms with Crippen LogP contribution in [-0.4, -0.2) is 19.8 Å². The molecule has 0 fully saturated rings. The molecule has 17 heavy (non-hydrogen) atoms. The van der Waals surface area contributed by atoms with Crippen molar-refractivity contribution in [2.24, 2.45) is 0 Å². The number of hydrogen-bond acceptors (Lipinski definition) is 6. The van der Waals surface area contributed by atoms with Crippen LogP contribution >= 0.6 is 22.7 Å². The van der Waals surface area contributed by atoms with E-state index in [1.165, 1.54) is 16.2 Å². The summed E-state index contributed by atoms with van der Waals surface area (Å²) >= 11 is 3.10. The molecule has 0 atom stereocenters. The Morgan fingerprint density at radius 1 is 1.35 bits per heavy atom. The van der Waals surface area contributed by atoms with Crippen molar-refractivity contribution in [1.29, 1.82) is 0 Å². The number of nitrogen functional groups attached to an aromatic ring is 1. The van der Waals surface area contributed by atoms with E-state index in [2.05, 4.69) is 21.4 Å². The van der Waals surface area contributed by atoms with Crippen LogP contribution in [0.15, 0.2) is 6.07 Å². The summed E-state index contributed by atoms with van der Waals surface area (Å²) in [7, 11) is 0. The van der Waals surface area contributed by atoms with Crippen LogP contribution in [0.25, 0.3) is 15.5 Å². The first-order chi connectivity index (χ1) is 8.19. The summed E-state index contributed by atoms with van der Waals surface area (Å²) in [4.78, 5) is 2.01. The minimum absolute atomic E-state index is 0.811. The molecule has 88 valence electrons. The second kappa shape index (κ2) is 3.78. The third-order valence-electron chi connectivity index (χ3n) is 2.49. The number of nitrogens with zero attached hydrogens (tertiary/aromatic N) is 4. The van der Waals surface area contributed by atoms with Gasteiger partial charge in [-0.1, -0.05) is 18.3 Å². The number of rotatable bonds is 2. The van der Waals surface area contributed by atoms with Crippen molar-refractivity contribution in [3.8, 4) is 10.6 Å². The van der Waals surface area contributed by atoms with E-state index in [9.17, 15) is 0 Å². The number of fused-ring (bicyclic) bond motifs is 1. The highest BCUT2D eigenvalue weighted by Gasteiger charge is 2.15. The Morgan fingerprint density at radius 3 is 2.82 bits per heavy atom. The summed E-state index contributed by atoms with van der Waals surface area (Å²) in [6.07, 6.45) is 0.822. The Balaban J connectivity index is 2.18. The first kappa shape index (κ1) is 10.7. The third-order valence-corrected chi connectivity index (χ3v) is 4.30. The highest BCUT2D eigenvalue weighted by molar-refractivity contribution is 7.21. The standard InChI is InChI=1S/C10H11N5S2/c1-3-7-12-13-10-15(7)14-9(17-10)6-4-5(2)16-8(6)11/h4H,3,11H2,1-2H3. The van der Waals surface area contributed by atoms with Gasteiger partial charge in [0.1, 0.15) is 0 Å². The van der Waals surface area contributed by atoms with Crippen LogP contribution in [0.4, 0.5) is 5.00 Å². The summed E-state index contributed by atoms with van der Waals surface area (Å²) in [6.45, 7) is 4.08. The van der Waals surface area contributed by atoms with Gasteiger partial charge in [0.2, 0.25) is 4.96 Å². The molecule has 0 amide bonds. The molecule has 0 saturated carbocycles. The molecule has 3 rings (SSSR count). The zero-order chi connectivity index (χ0) is 12.0. The normalized spacial score (nSPS) is 11.4. The highest BCUT2D eigenvalue weighted by Crippen LogP contribution is 2.35. The van der Waals surface area contributed by atoms with Gasteiger partial charge in [0.15, 0.2) is 10.8 Å². The quantitative estimate of drug-likeness (QED) is 0.772. The Hall–Kier alpha value is -1.47. The van der Waals surface area contributed by atoms with Crippen molar-refractivity contribution in [2.45, 2.75) is 20.3 Å². The van der Waals surface area contributed by atoms with Gasteiger partial charge in [-0.2, -0.15) is 9.61 Å². The smallest absolute Gasteiger partial charge is 0.234 e. The number of aryl methyl sites for hydroxylation is 2. The van der Waals surface area contributed by atoms with Crippen LogP contribution in [0.1, 0.15) is 17.6 Å². The first-order valence-electron chi connectivity index (χ1n) is 5.26. The average Bonchev–Trinajstić information content (AvgIpc) is 2.91. The topological polar surface area (TPSA) is 69.1 Å². The van der Waals surface area contributed by atoms with Gasteiger partial charge in [-0.3, -0.25) is 0 Å². The van der Waals surface area contributed by atoms with E-state index in [1.54, 1.807) is 15.9 Å². The van der Waals surface area contributed by atoms with Gasteiger partial charge in [0, 0.05) is 16.9 Å². The van der Waals surface area contributed by atoms with Crippen molar-refractivity contribution in [2.75, 3.05) is 5.73 Å². The van der Waals surface area contributed by atoms with E-state index in [4.69, 9.17) is 5.73 Å². The van der Waals surface area contributed by atoms with E-state index in [0.717, 1.165) is 32.8 Å². The molecule has 0 spiro atoms. The predicted molar refractivity (Wildman–Crippen MR) is 70.5 cm³/mol. The molecule has 0 aliphatic heterocycles. The molecule has 7 heteroatoms. The molecule has 2 N–H and O–H groups in total. The molecule has 0 radical (unpaired) electrons. The number of nitrogens with two attached hydrogens (primary N) is 1. The molecule has 3 aromatic rings. The van der Waals surface area contributed by atoms with Crippen LogP contribution in [0.3, 0.4) is 0 Å². The largest absolute Gasteiger partial charge is 0.390 e. The summed E-state index contributed by atoms with van der Waals surface area (Å²) in [5.41, 5.74) is 6.98. The Bertz CT molecular complexity index is 678. The minimum Gasteiger partial charge on any atom is -0.390 e. The second-order valence-corrected chi connectivity index (χ2v) is 5.95. The summed E-state index contributed by atoms with van der Waals surface area (Å²) < 4.78 is 1.80. The van der Waals surface area contributed by atoms with Gasteiger partial charge < -0.3 is 5.73 Å². The predicted octanol–water partition coefficient (Wildman–Crippen LogP) is 2.37. The van der Waals surface area contributed by atoms with Gasteiger partial charge >= 0.3 is 0 Å². The monoisotopic (exact) mass is 265 g/mol. The van der Waals surface area contributed by atoms with Crippen LogP contribution < -0.4 is 5.73 Å². The maximum atomic E-state index is 5.97. The lowest BCUT2D eigenvalue weighted by molar-refractivity contribution is 0.838. The fraction of sp³-hybridized carbons (Fsp3) is 0.300. The van der Waals surface area contributed by atoms with E-state index >= 15 is 0 Å². The van der Waals surface area contributed by atoms with E-state index in [-0.39, 0.29) is 0 Å². The fourth-order valence-corrected chi connectivity index (χ4v) is 3.43. The minimum atomic E-state index is 0.811. The first-order valence-corrected chi connectivity index (χ1v) is 6.89. The van der Waals surface area contributed by atoms with Crippen molar-refractivity contribution < 1.29 is 0 Å². The lowest BCUT2D eigenvalue weighted by atomic mass is 10.3. The molecule has 3 aromatic heterocycles. The van der Waals surface area contributed by atoms with Crippen LogP contribution in [0.5, 0.6) is 0 Å². The molecule has 0 aliphatic rings. The molecule has 0 bridgehead atoms. The fourth-order valence-electron chi connectivity index (χ4n) is 1.69. The van der Waals surface area contributed by atoms with Crippen molar-refractivity contribution >= 4 is 32.6 Å². The summed E-state index contributed by atoms with van der Waals surface area (Å²) in [5.74, 6) is 0.882. The molecule has 0 aromatic carbocycles. The maximum Gasteiger partial charge on any atom is 0.234 e. The molecule has 0 saturated heterocycles. The molecule has 5 nitrogen and oxygen atoms in total. The molecular weight excluding hydrogens is 254 g/mol. The van der Waals surface area contributed by atoms with Crippen molar-refractivity contribution in [1.82, 2.24) is 19.8 Å². The molecular formula is C10H11N5S2. The van der Waals surface area contributed by atoms with Gasteiger partial charge in [-0.25, -0.2) is 0 Å². The van der Waals surface area contributed by atoms with Gasteiger partial charge in [-0.05, 0) is 13.0 Å². The van der Waals surface area contributed by atoms with Crippen molar-refractivity contribution in [3.63, 3.8) is 0 Å². The average molecular weight is 265 g/mol. The second-order valence-electron chi connectivity index (χ2n) is 3.71. The molecule has 3 heterocycles. The van der Waals surface area contributed by atoms with Gasteiger partial charge in [0.25, 0.3) is 0 Å². The van der Waals surface area contributed by atoms with Crippen LogP contribution in [-0.2, 0) is 6.42 Å². The van der Waals surface area contributed by atoms with Crippen LogP contribution in [0.2, 0.25) is 0 Å². The van der Waals surface area contributed by atoms with Crippen LogP contribution in [0, 0.1) is 6.92 Å². The van der Waals surface area contributed by atoms with E-state index in [0.29, 0.717) is 0 Å². The van der Waals surface area contributed by atoms with Gasteiger partial charge in [-0.15, -0.1) is 21.5 Å². The maximum absolute atomic E-state index is 5.97. The summed E-state index contributed by atoms with van der Waals surface area (Å²) in [6, 6.07) is 2.07. The molecule has 0 unspecified atom stereocenters. The third kappa shape index (κ3) is 1.62. The highest BCUT2D eigenvalue weighted by atomic mass is 32.1. The number of hydrogen-bond donors (Lipinski definition) is 1. The number of anilines is 1. The zero-order valence-corrected chi connectivity index (χ0v) is 11.1. The van der Waals surface area contributed by atoms with Crippen molar-refractivity contribution in [3.05, 3.63) is 16.8 Å².